The van der Waals surface area contributed by atoms with Gasteiger partial charge in [0.05, 0.1) is 4.92 Å². The van der Waals surface area contributed by atoms with Crippen molar-refractivity contribution in [2.45, 2.75) is 19.3 Å². The topological polar surface area (TPSA) is 87.5 Å². The van der Waals surface area contributed by atoms with Gasteiger partial charge < -0.3 is 10.2 Å². The summed E-state index contributed by atoms with van der Waals surface area (Å²) in [5.74, 6) is -0.335. The lowest BCUT2D eigenvalue weighted by atomic mass is 10.1. The quantitative estimate of drug-likeness (QED) is 0.381. The van der Waals surface area contributed by atoms with Crippen molar-refractivity contribution in [2.75, 3.05) is 18.0 Å². The molecule has 3 rings (SSSR count). The summed E-state index contributed by atoms with van der Waals surface area (Å²) in [6.07, 6.45) is 4.81. The average Bonchev–Trinajstić information content (AvgIpc) is 2.85. The molecule has 0 unspecified atom stereocenters. The number of hydrogen-bond donors (Lipinski definition) is 2. The van der Waals surface area contributed by atoms with E-state index in [1.165, 1.54) is 6.07 Å². The van der Waals surface area contributed by atoms with Crippen LogP contribution in [0.4, 0.5) is 11.4 Å². The minimum atomic E-state index is -0.376. The smallest absolute Gasteiger partial charge is 0.293 e. The molecule has 120 valence electrons. The van der Waals surface area contributed by atoms with E-state index < -0.39 is 0 Å². The normalized spacial score (nSPS) is 19.7. The average molecular weight is 332 g/mol. The van der Waals surface area contributed by atoms with Crippen molar-refractivity contribution >= 4 is 40.7 Å². The van der Waals surface area contributed by atoms with Gasteiger partial charge in [-0.25, -0.2) is 0 Å². The number of carbonyl (C=O) groups is 1. The Balaban J connectivity index is 1.93. The Bertz CT molecular complexity index is 711. The largest absolute Gasteiger partial charge is 0.366 e. The van der Waals surface area contributed by atoms with E-state index in [-0.39, 0.29) is 27.3 Å². The van der Waals surface area contributed by atoms with Crippen LogP contribution in [0.1, 0.15) is 24.8 Å². The molecule has 1 aromatic rings. The molecule has 0 radical (unpaired) electrons. The highest BCUT2D eigenvalue weighted by atomic mass is 32.1. The number of hydrogen-bond acceptors (Lipinski definition) is 5. The molecule has 0 aromatic heterocycles. The first kappa shape index (κ1) is 15.4. The van der Waals surface area contributed by atoms with Crippen LogP contribution in [0.15, 0.2) is 23.9 Å². The summed E-state index contributed by atoms with van der Waals surface area (Å²) in [5, 5.41) is 16.8. The van der Waals surface area contributed by atoms with Gasteiger partial charge in [-0.1, -0.05) is 6.07 Å². The van der Waals surface area contributed by atoms with Crippen molar-refractivity contribution in [3.63, 3.8) is 0 Å². The predicted molar refractivity (Wildman–Crippen MR) is 91.0 cm³/mol. The SMILES string of the molecule is O=C1NC(=S)N/C1=C\c1ccc(N2CCCCC2)c([N+](=O)[O-])c1. The number of benzene rings is 1. The van der Waals surface area contributed by atoms with E-state index in [0.717, 1.165) is 32.4 Å². The van der Waals surface area contributed by atoms with Crippen molar-refractivity contribution in [3.05, 3.63) is 39.6 Å². The summed E-state index contributed by atoms with van der Waals surface area (Å²) < 4.78 is 0. The van der Waals surface area contributed by atoms with Gasteiger partial charge in [-0.2, -0.15) is 0 Å². The summed E-state index contributed by atoms with van der Waals surface area (Å²) in [6, 6.07) is 5.02. The van der Waals surface area contributed by atoms with Gasteiger partial charge in [-0.15, -0.1) is 0 Å². The predicted octanol–water partition coefficient (Wildman–Crippen LogP) is 1.93. The maximum absolute atomic E-state index is 11.7. The van der Waals surface area contributed by atoms with Crippen molar-refractivity contribution in [1.29, 1.82) is 0 Å². The van der Waals surface area contributed by atoms with E-state index in [1.54, 1.807) is 18.2 Å². The molecule has 2 heterocycles. The Labute approximate surface area is 138 Å². The van der Waals surface area contributed by atoms with Gasteiger partial charge in [-0.05, 0) is 49.2 Å². The van der Waals surface area contributed by atoms with Gasteiger partial charge in [0.25, 0.3) is 11.6 Å². The minimum Gasteiger partial charge on any atom is -0.366 e. The van der Waals surface area contributed by atoms with Gasteiger partial charge in [0.1, 0.15) is 11.4 Å². The lowest BCUT2D eigenvalue weighted by Gasteiger charge is -2.28. The Morgan fingerprint density at radius 3 is 2.57 bits per heavy atom. The van der Waals surface area contributed by atoms with Crippen LogP contribution in [0.2, 0.25) is 0 Å². The highest BCUT2D eigenvalue weighted by Crippen LogP contribution is 2.31. The first-order valence-electron chi connectivity index (χ1n) is 7.42. The van der Waals surface area contributed by atoms with E-state index >= 15 is 0 Å². The van der Waals surface area contributed by atoms with Gasteiger partial charge >= 0.3 is 0 Å². The Morgan fingerprint density at radius 2 is 1.96 bits per heavy atom. The Kier molecular flexibility index (Phi) is 4.24. The molecule has 2 aliphatic rings. The lowest BCUT2D eigenvalue weighted by molar-refractivity contribution is -0.384. The molecule has 1 aromatic carbocycles. The zero-order valence-electron chi connectivity index (χ0n) is 12.4. The van der Waals surface area contributed by atoms with E-state index in [4.69, 9.17) is 12.2 Å². The standard InChI is InChI=1S/C15H16N4O3S/c20-14-11(16-15(23)17-14)8-10-4-5-12(13(9-10)19(21)22)18-6-2-1-3-7-18/h4-5,8-9H,1-3,6-7H2,(H2,16,17,20,23)/b11-8-. The Morgan fingerprint density at radius 1 is 1.22 bits per heavy atom. The van der Waals surface area contributed by atoms with Gasteiger partial charge in [0, 0.05) is 19.2 Å². The van der Waals surface area contributed by atoms with Gasteiger partial charge in [-0.3, -0.25) is 20.2 Å². The monoisotopic (exact) mass is 332 g/mol. The first-order valence-corrected chi connectivity index (χ1v) is 7.83. The highest BCUT2D eigenvalue weighted by molar-refractivity contribution is 7.80. The second kappa shape index (κ2) is 6.33. The van der Waals surface area contributed by atoms with Crippen LogP contribution in [0.5, 0.6) is 0 Å². The summed E-state index contributed by atoms with van der Waals surface area (Å²) in [7, 11) is 0. The number of nitro groups is 1. The molecule has 2 fully saturated rings. The number of nitro benzene ring substituents is 1. The first-order chi connectivity index (χ1) is 11.0. The fourth-order valence-corrected chi connectivity index (χ4v) is 3.03. The second-order valence-corrected chi connectivity index (χ2v) is 5.93. The van der Waals surface area contributed by atoms with E-state index in [9.17, 15) is 14.9 Å². The molecular formula is C15H16N4O3S. The number of amides is 1. The van der Waals surface area contributed by atoms with Crippen molar-refractivity contribution < 1.29 is 9.72 Å². The van der Waals surface area contributed by atoms with Crippen molar-refractivity contribution in [2.24, 2.45) is 0 Å². The summed E-state index contributed by atoms with van der Waals surface area (Å²) >= 11 is 4.86. The molecule has 2 aliphatic heterocycles. The third-order valence-corrected chi connectivity index (χ3v) is 4.13. The number of thiocarbonyl (C=S) groups is 1. The third-order valence-electron chi connectivity index (χ3n) is 3.92. The molecule has 0 atom stereocenters. The van der Waals surface area contributed by atoms with E-state index in [0.29, 0.717) is 11.3 Å². The fourth-order valence-electron chi connectivity index (χ4n) is 2.83. The molecule has 0 aliphatic carbocycles. The number of nitrogens with zero attached hydrogens (tertiary/aromatic N) is 2. The van der Waals surface area contributed by atoms with Crippen LogP contribution in [0, 0.1) is 10.1 Å². The minimum absolute atomic E-state index is 0.0576. The lowest BCUT2D eigenvalue weighted by Crippen LogP contribution is -2.29. The molecular weight excluding hydrogens is 316 g/mol. The van der Waals surface area contributed by atoms with E-state index in [2.05, 4.69) is 10.6 Å². The third kappa shape index (κ3) is 3.31. The molecule has 0 saturated carbocycles. The maximum atomic E-state index is 11.7. The second-order valence-electron chi connectivity index (χ2n) is 5.52. The fraction of sp³-hybridized carbons (Fsp3) is 0.333. The van der Waals surface area contributed by atoms with Crippen LogP contribution in [-0.4, -0.2) is 29.0 Å². The molecule has 1 amide bonds. The van der Waals surface area contributed by atoms with Crippen LogP contribution < -0.4 is 15.5 Å². The number of anilines is 1. The van der Waals surface area contributed by atoms with Crippen LogP contribution in [0.3, 0.4) is 0 Å². The number of nitrogens with one attached hydrogen (secondary N) is 2. The molecule has 2 N–H and O–H groups in total. The maximum Gasteiger partial charge on any atom is 0.293 e. The van der Waals surface area contributed by atoms with Crippen molar-refractivity contribution in [1.82, 2.24) is 10.6 Å². The zero-order chi connectivity index (χ0) is 16.4. The van der Waals surface area contributed by atoms with Gasteiger partial charge in [0.15, 0.2) is 5.11 Å². The van der Waals surface area contributed by atoms with Gasteiger partial charge in [0.2, 0.25) is 0 Å². The van der Waals surface area contributed by atoms with Crippen LogP contribution in [0.25, 0.3) is 6.08 Å². The summed E-state index contributed by atoms with van der Waals surface area (Å²) in [5.41, 5.74) is 1.56. The number of carbonyl (C=O) groups excluding carboxylic acids is 1. The summed E-state index contributed by atoms with van der Waals surface area (Å²) in [4.78, 5) is 24.7. The van der Waals surface area contributed by atoms with E-state index in [1.807, 2.05) is 4.90 Å². The molecule has 8 heteroatoms. The molecule has 0 spiro atoms. The number of piperidine rings is 1. The summed E-state index contributed by atoms with van der Waals surface area (Å²) in [6.45, 7) is 1.67. The number of rotatable bonds is 3. The molecule has 0 bridgehead atoms. The van der Waals surface area contributed by atoms with Crippen LogP contribution in [-0.2, 0) is 4.79 Å². The molecule has 2 saturated heterocycles. The van der Waals surface area contributed by atoms with Crippen molar-refractivity contribution in [3.8, 4) is 0 Å². The zero-order valence-corrected chi connectivity index (χ0v) is 13.2. The molecule has 7 nitrogen and oxygen atoms in total. The highest BCUT2D eigenvalue weighted by Gasteiger charge is 2.23. The molecule has 23 heavy (non-hydrogen) atoms. The van der Waals surface area contributed by atoms with Crippen LogP contribution >= 0.6 is 12.2 Å². The Hall–Kier alpha value is -2.48.